The van der Waals surface area contributed by atoms with Gasteiger partial charge in [-0.05, 0) is 55.7 Å². The molecule has 1 aromatic heterocycles. The Morgan fingerprint density at radius 3 is 2.62 bits per heavy atom. The molecule has 2 heterocycles. The number of amides is 1. The van der Waals surface area contributed by atoms with Crippen LogP contribution in [0.1, 0.15) is 28.6 Å². The maximum Gasteiger partial charge on any atom is 0.240 e. The summed E-state index contributed by atoms with van der Waals surface area (Å²) >= 11 is 1.41. The van der Waals surface area contributed by atoms with Crippen molar-refractivity contribution in [3.63, 3.8) is 0 Å². The second kappa shape index (κ2) is 7.79. The first-order valence-electron chi connectivity index (χ1n) is 9.34. The van der Waals surface area contributed by atoms with E-state index in [-0.39, 0.29) is 11.9 Å². The van der Waals surface area contributed by atoms with Crippen LogP contribution in [0.5, 0.6) is 5.75 Å². The Balaban J connectivity index is 1.67. The SMILES string of the molecule is COc1ccc(C2Nn3c(C)nnc3SC2C(=O)Nc2cccc(C)c2C)cc1. The number of ether oxygens (including phenoxy) is 1. The highest BCUT2D eigenvalue weighted by molar-refractivity contribution is 8.00. The standard InChI is InChI=1S/C21H23N5O2S/c1-12-6-5-7-17(13(12)2)22-20(27)19-18(15-8-10-16(28-4)11-9-15)25-26-14(3)23-24-21(26)29-19/h5-11,18-19,25H,1-4H3,(H,22,27). The Bertz CT molecular complexity index is 1050. The molecule has 0 aliphatic carbocycles. The first-order chi connectivity index (χ1) is 14.0. The van der Waals surface area contributed by atoms with E-state index in [1.165, 1.54) is 11.8 Å². The number of carbonyl (C=O) groups is 1. The second-order valence-electron chi connectivity index (χ2n) is 7.02. The van der Waals surface area contributed by atoms with Crippen LogP contribution in [0.3, 0.4) is 0 Å². The molecular weight excluding hydrogens is 386 g/mol. The molecule has 0 fully saturated rings. The van der Waals surface area contributed by atoms with Crippen LogP contribution in [0.2, 0.25) is 0 Å². The van der Waals surface area contributed by atoms with Gasteiger partial charge in [-0.25, -0.2) is 4.68 Å². The monoisotopic (exact) mass is 409 g/mol. The second-order valence-corrected chi connectivity index (χ2v) is 8.13. The Kier molecular flexibility index (Phi) is 5.19. The number of fused-ring (bicyclic) bond motifs is 1. The average Bonchev–Trinajstić information content (AvgIpc) is 3.10. The molecule has 0 bridgehead atoms. The van der Waals surface area contributed by atoms with Crippen molar-refractivity contribution in [2.45, 2.75) is 37.2 Å². The van der Waals surface area contributed by atoms with Crippen LogP contribution in [-0.4, -0.2) is 33.1 Å². The quantitative estimate of drug-likeness (QED) is 0.685. The molecule has 8 heteroatoms. The minimum Gasteiger partial charge on any atom is -0.497 e. The highest BCUT2D eigenvalue weighted by Gasteiger charge is 2.37. The van der Waals surface area contributed by atoms with Crippen LogP contribution >= 0.6 is 11.8 Å². The Morgan fingerprint density at radius 2 is 1.90 bits per heavy atom. The predicted octanol–water partition coefficient (Wildman–Crippen LogP) is 3.61. The number of aromatic nitrogens is 3. The lowest BCUT2D eigenvalue weighted by Crippen LogP contribution is -2.41. The number of nitrogens with one attached hydrogen (secondary N) is 2. The van der Waals surface area contributed by atoms with Crippen molar-refractivity contribution in [3.05, 3.63) is 65.0 Å². The number of hydrogen-bond donors (Lipinski definition) is 2. The number of aryl methyl sites for hydroxylation is 2. The molecule has 0 saturated heterocycles. The van der Waals surface area contributed by atoms with E-state index in [4.69, 9.17) is 4.74 Å². The summed E-state index contributed by atoms with van der Waals surface area (Å²) in [4.78, 5) is 13.3. The van der Waals surface area contributed by atoms with Gasteiger partial charge >= 0.3 is 0 Å². The molecule has 3 aromatic rings. The van der Waals surface area contributed by atoms with E-state index in [1.54, 1.807) is 7.11 Å². The van der Waals surface area contributed by atoms with Crippen LogP contribution in [0.15, 0.2) is 47.6 Å². The third kappa shape index (κ3) is 3.67. The number of nitrogens with zero attached hydrogens (tertiary/aromatic N) is 3. The maximum absolute atomic E-state index is 13.3. The minimum absolute atomic E-state index is 0.0797. The van der Waals surface area contributed by atoms with Gasteiger partial charge in [0.15, 0.2) is 0 Å². The fourth-order valence-corrected chi connectivity index (χ4v) is 4.44. The normalized spacial score (nSPS) is 17.9. The van der Waals surface area contributed by atoms with E-state index in [0.29, 0.717) is 5.16 Å². The lowest BCUT2D eigenvalue weighted by Gasteiger charge is -2.33. The third-order valence-corrected chi connectivity index (χ3v) is 6.41. The van der Waals surface area contributed by atoms with Crippen molar-refractivity contribution in [1.82, 2.24) is 14.9 Å². The fraction of sp³-hybridized carbons (Fsp3) is 0.286. The lowest BCUT2D eigenvalue weighted by atomic mass is 10.0. The van der Waals surface area contributed by atoms with Crippen molar-refractivity contribution >= 4 is 23.4 Å². The summed E-state index contributed by atoms with van der Waals surface area (Å²) in [5.74, 6) is 1.44. The van der Waals surface area contributed by atoms with Crippen molar-refractivity contribution in [2.24, 2.45) is 0 Å². The zero-order valence-corrected chi connectivity index (χ0v) is 17.6. The Morgan fingerprint density at radius 1 is 1.14 bits per heavy atom. The number of anilines is 1. The van der Waals surface area contributed by atoms with Crippen LogP contribution < -0.4 is 15.5 Å². The van der Waals surface area contributed by atoms with E-state index in [9.17, 15) is 4.79 Å². The summed E-state index contributed by atoms with van der Waals surface area (Å²) in [6.45, 7) is 5.93. The number of hydrogen-bond acceptors (Lipinski definition) is 6. The summed E-state index contributed by atoms with van der Waals surface area (Å²) < 4.78 is 7.10. The largest absolute Gasteiger partial charge is 0.497 e. The number of methoxy groups -OCH3 is 1. The van der Waals surface area contributed by atoms with Gasteiger partial charge in [0, 0.05) is 5.69 Å². The molecule has 1 amide bonds. The molecule has 2 atom stereocenters. The predicted molar refractivity (Wildman–Crippen MR) is 114 cm³/mol. The van der Waals surface area contributed by atoms with Crippen molar-refractivity contribution < 1.29 is 9.53 Å². The first kappa shape index (κ1) is 19.3. The van der Waals surface area contributed by atoms with Gasteiger partial charge in [-0.1, -0.05) is 36.0 Å². The highest BCUT2D eigenvalue weighted by atomic mass is 32.2. The average molecular weight is 410 g/mol. The maximum atomic E-state index is 13.3. The summed E-state index contributed by atoms with van der Waals surface area (Å²) in [7, 11) is 1.64. The van der Waals surface area contributed by atoms with E-state index in [1.807, 2.05) is 67.9 Å². The topological polar surface area (TPSA) is 81.1 Å². The zero-order valence-electron chi connectivity index (χ0n) is 16.8. The van der Waals surface area contributed by atoms with Gasteiger partial charge in [0.1, 0.15) is 16.8 Å². The first-order valence-corrected chi connectivity index (χ1v) is 10.2. The van der Waals surface area contributed by atoms with Crippen molar-refractivity contribution in [1.29, 1.82) is 0 Å². The Hall–Kier alpha value is -3.00. The molecule has 4 rings (SSSR count). The van der Waals surface area contributed by atoms with Gasteiger partial charge in [-0.15, -0.1) is 10.2 Å². The Labute approximate surface area is 173 Å². The number of carbonyl (C=O) groups excluding carboxylic acids is 1. The summed E-state index contributed by atoms with van der Waals surface area (Å²) in [5, 5.41) is 11.7. The molecular formula is C21H23N5O2S. The van der Waals surface area contributed by atoms with E-state index < -0.39 is 5.25 Å². The number of rotatable bonds is 4. The van der Waals surface area contributed by atoms with Gasteiger partial charge in [-0.2, -0.15) is 0 Å². The fourth-order valence-electron chi connectivity index (χ4n) is 3.31. The molecule has 1 aliphatic heterocycles. The van der Waals surface area contributed by atoms with Gasteiger partial charge in [-0.3, -0.25) is 4.79 Å². The smallest absolute Gasteiger partial charge is 0.240 e. The molecule has 29 heavy (non-hydrogen) atoms. The molecule has 2 unspecified atom stereocenters. The molecule has 150 valence electrons. The van der Waals surface area contributed by atoms with Gasteiger partial charge in [0.2, 0.25) is 11.1 Å². The highest BCUT2D eigenvalue weighted by Crippen LogP contribution is 2.38. The molecule has 0 spiro atoms. The van der Waals surface area contributed by atoms with Crippen LogP contribution in [0, 0.1) is 20.8 Å². The summed E-state index contributed by atoms with van der Waals surface area (Å²) in [6.07, 6.45) is 0. The minimum atomic E-state index is -0.417. The molecule has 2 aromatic carbocycles. The summed E-state index contributed by atoms with van der Waals surface area (Å²) in [5.41, 5.74) is 7.42. The van der Waals surface area contributed by atoms with E-state index >= 15 is 0 Å². The molecule has 1 aliphatic rings. The van der Waals surface area contributed by atoms with Gasteiger partial charge in [0.05, 0.1) is 13.2 Å². The molecule has 0 saturated carbocycles. The van der Waals surface area contributed by atoms with Crippen LogP contribution in [0.25, 0.3) is 0 Å². The van der Waals surface area contributed by atoms with Gasteiger partial charge in [0.25, 0.3) is 0 Å². The van der Waals surface area contributed by atoms with Crippen LogP contribution in [0.4, 0.5) is 5.69 Å². The van der Waals surface area contributed by atoms with Crippen molar-refractivity contribution in [3.8, 4) is 5.75 Å². The third-order valence-electron chi connectivity index (χ3n) is 5.19. The lowest BCUT2D eigenvalue weighted by molar-refractivity contribution is -0.116. The van der Waals surface area contributed by atoms with E-state index in [0.717, 1.165) is 34.0 Å². The molecule has 0 radical (unpaired) electrons. The molecule has 7 nitrogen and oxygen atoms in total. The van der Waals surface area contributed by atoms with Crippen LogP contribution in [-0.2, 0) is 4.79 Å². The van der Waals surface area contributed by atoms with E-state index in [2.05, 4.69) is 20.9 Å². The van der Waals surface area contributed by atoms with Crippen molar-refractivity contribution in [2.75, 3.05) is 17.9 Å². The number of thioether (sulfide) groups is 1. The number of benzene rings is 2. The zero-order chi connectivity index (χ0) is 20.5. The summed E-state index contributed by atoms with van der Waals surface area (Å²) in [6, 6.07) is 13.4. The van der Waals surface area contributed by atoms with Gasteiger partial charge < -0.3 is 15.5 Å². The molecule has 2 N–H and O–H groups in total.